The molecular weight excluding hydrogens is 423 g/mol. The average Bonchev–Trinajstić information content (AvgIpc) is 3.10. The van der Waals surface area contributed by atoms with Crippen molar-refractivity contribution < 1.29 is 0 Å². The molecule has 0 saturated carbocycles. The molecule has 0 bridgehead atoms. The second-order valence-corrected chi connectivity index (χ2v) is 6.34. The van der Waals surface area contributed by atoms with Crippen molar-refractivity contribution in [2.24, 2.45) is 16.6 Å². The van der Waals surface area contributed by atoms with Crippen LogP contribution in [0.15, 0.2) is 59.6 Å². The monoisotopic (exact) mass is 450 g/mol. The molecule has 25 heavy (non-hydrogen) atoms. The third-order valence-electron chi connectivity index (χ3n) is 4.53. The number of nitrogens with two attached hydrogens (primary N) is 1. The van der Waals surface area contributed by atoms with Crippen molar-refractivity contribution in [2.45, 2.75) is 19.8 Å². The number of hydrogen-bond donors (Lipinski definition) is 2. The van der Waals surface area contributed by atoms with Gasteiger partial charge in [0.25, 0.3) is 0 Å². The van der Waals surface area contributed by atoms with Gasteiger partial charge in [-0.25, -0.2) is 0 Å². The first-order valence-electron chi connectivity index (χ1n) is 8.70. The number of nitrogens with zero attached hydrogens (tertiary/aromatic N) is 2. The molecule has 1 heterocycles. The Hall–Kier alpha value is -1.76. The molecule has 1 atom stereocenters. The molecular formula is C20H27IN4. The van der Waals surface area contributed by atoms with E-state index >= 15 is 0 Å². The van der Waals surface area contributed by atoms with E-state index in [1.165, 1.54) is 11.3 Å². The highest BCUT2D eigenvalue weighted by atomic mass is 127. The van der Waals surface area contributed by atoms with Gasteiger partial charge in [0.1, 0.15) is 0 Å². The van der Waals surface area contributed by atoms with E-state index in [-0.39, 0.29) is 24.0 Å². The number of nitrogens with one attached hydrogen (secondary N) is 1. The summed E-state index contributed by atoms with van der Waals surface area (Å²) in [7, 11) is 0. The summed E-state index contributed by atoms with van der Waals surface area (Å²) in [6, 6.07) is 18.9. The minimum atomic E-state index is 0. The van der Waals surface area contributed by atoms with Crippen molar-refractivity contribution in [1.82, 2.24) is 0 Å². The summed E-state index contributed by atoms with van der Waals surface area (Å²) in [4.78, 5) is 6.97. The van der Waals surface area contributed by atoms with Crippen LogP contribution in [-0.4, -0.2) is 25.6 Å². The van der Waals surface area contributed by atoms with E-state index in [2.05, 4.69) is 64.6 Å². The summed E-state index contributed by atoms with van der Waals surface area (Å²) in [5.41, 5.74) is 9.65. The van der Waals surface area contributed by atoms with Crippen molar-refractivity contribution in [3.63, 3.8) is 0 Å². The Bertz CT molecular complexity index is 687. The molecule has 1 unspecified atom stereocenters. The van der Waals surface area contributed by atoms with E-state index in [9.17, 15) is 0 Å². The number of rotatable bonds is 5. The zero-order valence-electron chi connectivity index (χ0n) is 14.7. The average molecular weight is 450 g/mol. The van der Waals surface area contributed by atoms with E-state index in [0.717, 1.165) is 38.2 Å². The number of guanidine groups is 1. The second-order valence-electron chi connectivity index (χ2n) is 6.34. The number of aryl methyl sites for hydroxylation is 1. The molecule has 1 aliphatic heterocycles. The van der Waals surface area contributed by atoms with Crippen LogP contribution in [0.5, 0.6) is 0 Å². The lowest BCUT2D eigenvalue weighted by molar-refractivity contribution is 0.603. The van der Waals surface area contributed by atoms with Crippen LogP contribution in [0.4, 0.5) is 11.4 Å². The largest absolute Gasteiger partial charge is 0.371 e. The Morgan fingerprint density at radius 1 is 1.20 bits per heavy atom. The minimum absolute atomic E-state index is 0. The Labute approximate surface area is 167 Å². The van der Waals surface area contributed by atoms with Gasteiger partial charge < -0.3 is 16.0 Å². The first-order chi connectivity index (χ1) is 11.7. The van der Waals surface area contributed by atoms with Gasteiger partial charge in [0.15, 0.2) is 5.96 Å². The van der Waals surface area contributed by atoms with E-state index in [1.54, 1.807) is 0 Å². The smallest absolute Gasteiger partial charge is 0.193 e. The number of aliphatic imine (C=N–C) groups is 1. The first-order valence-corrected chi connectivity index (χ1v) is 8.70. The fourth-order valence-electron chi connectivity index (χ4n) is 3.14. The van der Waals surface area contributed by atoms with Crippen molar-refractivity contribution in [3.8, 4) is 0 Å². The van der Waals surface area contributed by atoms with E-state index in [0.29, 0.717) is 11.9 Å². The quantitative estimate of drug-likeness (QED) is 0.410. The highest BCUT2D eigenvalue weighted by molar-refractivity contribution is 14.0. The van der Waals surface area contributed by atoms with E-state index in [1.807, 2.05) is 12.1 Å². The van der Waals surface area contributed by atoms with Crippen molar-refractivity contribution in [2.75, 3.05) is 29.9 Å². The topological polar surface area (TPSA) is 53.6 Å². The fourth-order valence-corrected chi connectivity index (χ4v) is 3.14. The molecule has 1 aliphatic rings. The lowest BCUT2D eigenvalue weighted by atomic mass is 10.1. The number of halogens is 1. The predicted octanol–water partition coefficient (Wildman–Crippen LogP) is 4.12. The first kappa shape index (κ1) is 19.6. The summed E-state index contributed by atoms with van der Waals surface area (Å²) in [6.07, 6.45) is 2.18. The van der Waals surface area contributed by atoms with Gasteiger partial charge in [-0.1, -0.05) is 37.3 Å². The molecule has 0 aliphatic carbocycles. The second kappa shape index (κ2) is 9.65. The molecule has 5 heteroatoms. The lowest BCUT2D eigenvalue weighted by Crippen LogP contribution is -2.25. The number of para-hydroxylation sites is 1. The summed E-state index contributed by atoms with van der Waals surface area (Å²) >= 11 is 0. The number of benzene rings is 2. The maximum Gasteiger partial charge on any atom is 0.193 e. The van der Waals surface area contributed by atoms with Gasteiger partial charge in [-0.05, 0) is 48.6 Å². The molecule has 1 fully saturated rings. The SMILES string of the molecule is CCc1cccc(NC(N)=NCC2CCN(c3ccccc3)C2)c1.I. The Kier molecular flexibility index (Phi) is 7.55. The summed E-state index contributed by atoms with van der Waals surface area (Å²) in [5, 5.41) is 3.20. The highest BCUT2D eigenvalue weighted by Crippen LogP contribution is 2.23. The molecule has 2 aromatic rings. The van der Waals surface area contributed by atoms with Crippen molar-refractivity contribution in [1.29, 1.82) is 0 Å². The van der Waals surface area contributed by atoms with Gasteiger partial charge in [-0.15, -0.1) is 24.0 Å². The molecule has 134 valence electrons. The van der Waals surface area contributed by atoms with Gasteiger partial charge in [0.2, 0.25) is 0 Å². The maximum atomic E-state index is 6.05. The van der Waals surface area contributed by atoms with Crippen LogP contribution in [-0.2, 0) is 6.42 Å². The van der Waals surface area contributed by atoms with Crippen LogP contribution in [0.2, 0.25) is 0 Å². The van der Waals surface area contributed by atoms with Crippen molar-refractivity contribution >= 4 is 41.3 Å². The molecule has 3 N–H and O–H groups in total. The zero-order valence-corrected chi connectivity index (χ0v) is 17.0. The van der Waals surface area contributed by atoms with Crippen LogP contribution in [0.3, 0.4) is 0 Å². The van der Waals surface area contributed by atoms with Gasteiger partial charge in [-0.3, -0.25) is 4.99 Å². The lowest BCUT2D eigenvalue weighted by Gasteiger charge is -2.18. The van der Waals surface area contributed by atoms with Gasteiger partial charge in [-0.2, -0.15) is 0 Å². The third kappa shape index (κ3) is 5.63. The van der Waals surface area contributed by atoms with Crippen molar-refractivity contribution in [3.05, 3.63) is 60.2 Å². The summed E-state index contributed by atoms with van der Waals surface area (Å²) in [5.74, 6) is 1.06. The number of anilines is 2. The van der Waals surface area contributed by atoms with Gasteiger partial charge in [0.05, 0.1) is 0 Å². The van der Waals surface area contributed by atoms with Crippen LogP contribution in [0.25, 0.3) is 0 Å². The Morgan fingerprint density at radius 3 is 2.76 bits per heavy atom. The minimum Gasteiger partial charge on any atom is -0.371 e. The van der Waals surface area contributed by atoms with Gasteiger partial charge >= 0.3 is 0 Å². The molecule has 3 rings (SSSR count). The zero-order chi connectivity index (χ0) is 16.8. The van der Waals surface area contributed by atoms with Gasteiger partial charge in [0, 0.05) is 31.0 Å². The summed E-state index contributed by atoms with van der Waals surface area (Å²) < 4.78 is 0. The molecule has 0 aromatic heterocycles. The molecule has 4 nitrogen and oxygen atoms in total. The van der Waals surface area contributed by atoms with E-state index < -0.39 is 0 Å². The standard InChI is InChI=1S/C20H26N4.HI/c1-2-16-7-6-8-18(13-16)23-20(21)22-14-17-11-12-24(15-17)19-9-4-3-5-10-19;/h3-10,13,17H,2,11-12,14-15H2,1H3,(H3,21,22,23);1H. The fraction of sp³-hybridized carbons (Fsp3) is 0.350. The third-order valence-corrected chi connectivity index (χ3v) is 4.53. The molecule has 0 amide bonds. The maximum absolute atomic E-state index is 6.05. The van der Waals surface area contributed by atoms with Crippen LogP contribution < -0.4 is 16.0 Å². The number of hydrogen-bond acceptors (Lipinski definition) is 2. The van der Waals surface area contributed by atoms with E-state index in [4.69, 9.17) is 5.73 Å². The molecule has 0 spiro atoms. The molecule has 1 saturated heterocycles. The molecule has 2 aromatic carbocycles. The van der Waals surface area contributed by atoms with Crippen LogP contribution in [0.1, 0.15) is 18.9 Å². The summed E-state index contributed by atoms with van der Waals surface area (Å²) in [6.45, 7) is 5.06. The Morgan fingerprint density at radius 2 is 2.00 bits per heavy atom. The normalized spacial score (nSPS) is 17.2. The van der Waals surface area contributed by atoms with Crippen LogP contribution in [0, 0.1) is 5.92 Å². The highest BCUT2D eigenvalue weighted by Gasteiger charge is 2.22. The Balaban J connectivity index is 0.00000225. The van der Waals surface area contributed by atoms with Crippen LogP contribution >= 0.6 is 24.0 Å². The predicted molar refractivity (Wildman–Crippen MR) is 118 cm³/mol. The molecule has 0 radical (unpaired) electrons.